The van der Waals surface area contributed by atoms with Crippen LogP contribution in [0.5, 0.6) is 0 Å². The second-order valence-corrected chi connectivity index (χ2v) is 8.23. The van der Waals surface area contributed by atoms with E-state index in [1.54, 1.807) is 0 Å². The van der Waals surface area contributed by atoms with Crippen LogP contribution in [0.3, 0.4) is 0 Å². The van der Waals surface area contributed by atoms with Crippen LogP contribution in [0.25, 0.3) is 0 Å². The summed E-state index contributed by atoms with van der Waals surface area (Å²) in [6.45, 7) is 7.11. The summed E-state index contributed by atoms with van der Waals surface area (Å²) in [6.07, 6.45) is 10.7. The lowest BCUT2D eigenvalue weighted by atomic mass is 9.43. The van der Waals surface area contributed by atoms with Gasteiger partial charge in [0.25, 0.3) is 0 Å². The highest BCUT2D eigenvalue weighted by Gasteiger charge is 2.58. The first-order valence-electron chi connectivity index (χ1n) is 8.55. The molecule has 4 rings (SSSR count). The van der Waals surface area contributed by atoms with Crippen molar-refractivity contribution in [3.05, 3.63) is 23.7 Å². The summed E-state index contributed by atoms with van der Waals surface area (Å²) in [7, 11) is 0. The van der Waals surface area contributed by atoms with Crippen LogP contribution >= 0.6 is 0 Å². The fourth-order valence-electron chi connectivity index (χ4n) is 6.26. The summed E-state index contributed by atoms with van der Waals surface area (Å²) in [5.41, 5.74) is 3.47. The van der Waals surface area contributed by atoms with Crippen molar-refractivity contribution in [2.75, 3.05) is 0 Å². The molecule has 0 aliphatic heterocycles. The van der Waals surface area contributed by atoms with Gasteiger partial charge in [-0.3, -0.25) is 4.79 Å². The van der Waals surface area contributed by atoms with Crippen LogP contribution in [0.2, 0.25) is 0 Å². The first kappa shape index (κ1) is 13.6. The Morgan fingerprint density at radius 1 is 1.14 bits per heavy atom. The van der Waals surface area contributed by atoms with Gasteiger partial charge in [-0.1, -0.05) is 20.8 Å². The van der Waals surface area contributed by atoms with Gasteiger partial charge >= 0.3 is 0 Å². The number of carbonyl (C=O) groups excluding carboxylic acids is 1. The van der Waals surface area contributed by atoms with E-state index >= 15 is 0 Å². The summed E-state index contributed by atoms with van der Waals surface area (Å²) in [5, 5.41) is 0. The molecule has 0 amide bonds. The van der Waals surface area contributed by atoms with Gasteiger partial charge in [-0.15, -0.1) is 0 Å². The molecule has 0 N–H and O–H groups in total. The molecule has 1 aromatic heterocycles. The zero-order valence-electron chi connectivity index (χ0n) is 13.4. The van der Waals surface area contributed by atoms with Gasteiger partial charge in [0, 0.05) is 12.3 Å². The van der Waals surface area contributed by atoms with Gasteiger partial charge in [-0.05, 0) is 65.9 Å². The SMILES string of the molecule is C[C@@H]1C(=O)CC[C@]2(C)[C@H]3CCc4cocc4[C@]3(C)CC[C@@H]12. The largest absolute Gasteiger partial charge is 0.472 e. The second kappa shape index (κ2) is 4.24. The van der Waals surface area contributed by atoms with E-state index in [0.717, 1.165) is 19.3 Å². The maximum Gasteiger partial charge on any atom is 0.136 e. The maximum atomic E-state index is 12.2. The zero-order chi connectivity index (χ0) is 14.8. The van der Waals surface area contributed by atoms with Gasteiger partial charge < -0.3 is 4.42 Å². The Morgan fingerprint density at radius 3 is 2.76 bits per heavy atom. The Hall–Kier alpha value is -1.05. The molecule has 2 saturated carbocycles. The Morgan fingerprint density at radius 2 is 1.95 bits per heavy atom. The summed E-state index contributed by atoms with van der Waals surface area (Å²) in [6, 6.07) is 0. The molecule has 0 aromatic carbocycles. The minimum atomic E-state index is 0.256. The third-order valence-corrected chi connectivity index (χ3v) is 7.47. The van der Waals surface area contributed by atoms with Crippen LogP contribution in [0.15, 0.2) is 16.9 Å². The van der Waals surface area contributed by atoms with Crippen LogP contribution < -0.4 is 0 Å². The Labute approximate surface area is 127 Å². The molecule has 0 bridgehead atoms. The van der Waals surface area contributed by atoms with Crippen LogP contribution in [-0.2, 0) is 16.6 Å². The molecule has 0 spiro atoms. The molecular weight excluding hydrogens is 260 g/mol. The normalized spacial score (nSPS) is 45.7. The fourth-order valence-corrected chi connectivity index (χ4v) is 6.26. The molecule has 5 atom stereocenters. The highest BCUT2D eigenvalue weighted by molar-refractivity contribution is 5.82. The highest BCUT2D eigenvalue weighted by Crippen LogP contribution is 2.63. The number of fused-ring (bicyclic) bond motifs is 5. The highest BCUT2D eigenvalue weighted by atomic mass is 16.3. The number of hydrogen-bond donors (Lipinski definition) is 0. The molecule has 0 saturated heterocycles. The number of ketones is 1. The van der Waals surface area contributed by atoms with Crippen molar-refractivity contribution >= 4 is 5.78 Å². The average molecular weight is 286 g/mol. The van der Waals surface area contributed by atoms with E-state index in [1.807, 2.05) is 12.5 Å². The minimum absolute atomic E-state index is 0.256. The predicted molar refractivity (Wildman–Crippen MR) is 82.1 cm³/mol. The lowest BCUT2D eigenvalue weighted by molar-refractivity contribution is -0.140. The van der Waals surface area contributed by atoms with E-state index in [2.05, 4.69) is 20.8 Å². The molecule has 1 heterocycles. The monoisotopic (exact) mass is 286 g/mol. The molecule has 0 unspecified atom stereocenters. The topological polar surface area (TPSA) is 30.2 Å². The Balaban J connectivity index is 1.78. The minimum Gasteiger partial charge on any atom is -0.472 e. The van der Waals surface area contributed by atoms with Crippen LogP contribution in [-0.4, -0.2) is 5.78 Å². The molecule has 2 nitrogen and oxygen atoms in total. The molecule has 2 heteroatoms. The van der Waals surface area contributed by atoms with Gasteiger partial charge in [-0.25, -0.2) is 0 Å². The number of carbonyl (C=O) groups is 1. The summed E-state index contributed by atoms with van der Waals surface area (Å²) < 4.78 is 5.53. The fraction of sp³-hybridized carbons (Fsp3) is 0.737. The Kier molecular flexibility index (Phi) is 2.75. The quantitative estimate of drug-likeness (QED) is 0.702. The Bertz CT molecular complexity index is 586. The molecule has 3 aliphatic rings. The van der Waals surface area contributed by atoms with Gasteiger partial charge in [-0.2, -0.15) is 0 Å². The van der Waals surface area contributed by atoms with E-state index in [9.17, 15) is 4.79 Å². The second-order valence-electron chi connectivity index (χ2n) is 8.23. The van der Waals surface area contributed by atoms with Crippen molar-refractivity contribution < 1.29 is 9.21 Å². The van der Waals surface area contributed by atoms with E-state index in [0.29, 0.717) is 23.0 Å². The number of Topliss-reactive ketones (excluding diaryl/α,β-unsaturated/α-hetero) is 1. The van der Waals surface area contributed by atoms with Crippen molar-refractivity contribution in [3.8, 4) is 0 Å². The van der Waals surface area contributed by atoms with Crippen molar-refractivity contribution in [2.45, 2.75) is 64.7 Å². The van der Waals surface area contributed by atoms with Crippen molar-refractivity contribution in [3.63, 3.8) is 0 Å². The lowest BCUT2D eigenvalue weighted by Crippen LogP contribution is -2.56. The van der Waals surface area contributed by atoms with Crippen molar-refractivity contribution in [1.29, 1.82) is 0 Å². The third-order valence-electron chi connectivity index (χ3n) is 7.47. The molecule has 2 fully saturated rings. The van der Waals surface area contributed by atoms with E-state index in [-0.39, 0.29) is 11.3 Å². The van der Waals surface area contributed by atoms with Crippen LogP contribution in [0, 0.1) is 23.2 Å². The number of furan rings is 1. The maximum absolute atomic E-state index is 12.2. The van der Waals surface area contributed by atoms with E-state index in [1.165, 1.54) is 30.4 Å². The smallest absolute Gasteiger partial charge is 0.136 e. The van der Waals surface area contributed by atoms with E-state index in [4.69, 9.17) is 4.42 Å². The van der Waals surface area contributed by atoms with Crippen LogP contribution in [0.4, 0.5) is 0 Å². The number of hydrogen-bond acceptors (Lipinski definition) is 2. The standard InChI is InChI=1S/C19H26O2/c1-12-14-6-8-19(3)15-11-21-10-13(15)4-5-17(19)18(14,2)9-7-16(12)20/h10-12,14,17H,4-9H2,1-3H3/t12-,14-,17+,18-,19-/m0/s1. The molecule has 21 heavy (non-hydrogen) atoms. The first-order valence-corrected chi connectivity index (χ1v) is 8.55. The van der Waals surface area contributed by atoms with E-state index < -0.39 is 0 Å². The molecule has 3 aliphatic carbocycles. The average Bonchev–Trinajstić information content (AvgIpc) is 2.93. The molecule has 1 aromatic rings. The van der Waals surface area contributed by atoms with Crippen molar-refractivity contribution in [1.82, 2.24) is 0 Å². The van der Waals surface area contributed by atoms with Gasteiger partial charge in [0.15, 0.2) is 0 Å². The van der Waals surface area contributed by atoms with Crippen LogP contribution in [0.1, 0.15) is 64.0 Å². The van der Waals surface area contributed by atoms with Gasteiger partial charge in [0.1, 0.15) is 5.78 Å². The summed E-state index contributed by atoms with van der Waals surface area (Å²) in [4.78, 5) is 12.2. The lowest BCUT2D eigenvalue weighted by Gasteiger charge is -2.60. The number of aryl methyl sites for hydroxylation is 1. The predicted octanol–water partition coefficient (Wildman–Crippen LogP) is 4.52. The number of rotatable bonds is 0. The zero-order valence-corrected chi connectivity index (χ0v) is 13.4. The summed E-state index contributed by atoms with van der Waals surface area (Å²) >= 11 is 0. The summed E-state index contributed by atoms with van der Waals surface area (Å²) in [5.74, 6) is 2.05. The van der Waals surface area contributed by atoms with Gasteiger partial charge in [0.2, 0.25) is 0 Å². The third kappa shape index (κ3) is 1.62. The molecular formula is C19H26O2. The van der Waals surface area contributed by atoms with Gasteiger partial charge in [0.05, 0.1) is 12.5 Å². The first-order chi connectivity index (χ1) is 9.97. The van der Waals surface area contributed by atoms with Crippen molar-refractivity contribution in [2.24, 2.45) is 23.2 Å². The molecule has 114 valence electrons. The molecule has 0 radical (unpaired) electrons.